The summed E-state index contributed by atoms with van der Waals surface area (Å²) in [6.45, 7) is 0. The van der Waals surface area contributed by atoms with Crippen LogP contribution in [0.1, 0.15) is 17.3 Å². The molecule has 1 unspecified atom stereocenters. The fourth-order valence-corrected chi connectivity index (χ4v) is 5.63. The highest BCUT2D eigenvalue weighted by Crippen LogP contribution is 2.41. The first-order valence-electron chi connectivity index (χ1n) is 6.52. The summed E-state index contributed by atoms with van der Waals surface area (Å²) in [5.41, 5.74) is 11.2. The minimum atomic E-state index is -0.371. The number of halogens is 1. The summed E-state index contributed by atoms with van der Waals surface area (Å²) in [6.07, 6.45) is 0.179. The zero-order valence-electron chi connectivity index (χ0n) is 11.4. The summed E-state index contributed by atoms with van der Waals surface area (Å²) in [7, 11) is 0. The average molecular weight is 413 g/mol. The van der Waals surface area contributed by atoms with E-state index in [4.69, 9.17) is 11.5 Å². The van der Waals surface area contributed by atoms with Crippen molar-refractivity contribution in [1.29, 1.82) is 0 Å². The molecule has 7 heteroatoms. The van der Waals surface area contributed by atoms with Crippen LogP contribution in [0.2, 0.25) is 0 Å². The standard InChI is InChI=1S/C15H13BrN2OS3/c16-14-6-5-13(22-14)12-4-3-11(21-12)10-2-1-9(20-10)8(17)7-15(18)19/h1-6,8H,7,17H2,(H2,18,19). The third kappa shape index (κ3) is 3.49. The highest BCUT2D eigenvalue weighted by atomic mass is 79.9. The van der Waals surface area contributed by atoms with Gasteiger partial charge in [-0.1, -0.05) is 0 Å². The van der Waals surface area contributed by atoms with Crippen LogP contribution >= 0.6 is 49.9 Å². The molecule has 22 heavy (non-hydrogen) atoms. The second-order valence-electron chi connectivity index (χ2n) is 4.75. The Labute approximate surface area is 148 Å². The molecular weight excluding hydrogens is 400 g/mol. The fraction of sp³-hybridized carbons (Fsp3) is 0.133. The maximum Gasteiger partial charge on any atom is 0.219 e. The number of rotatable bonds is 5. The molecule has 0 spiro atoms. The molecule has 0 saturated heterocycles. The lowest BCUT2D eigenvalue weighted by Gasteiger charge is -2.05. The number of thiophene rings is 3. The number of amides is 1. The number of carbonyl (C=O) groups is 1. The monoisotopic (exact) mass is 412 g/mol. The van der Waals surface area contributed by atoms with Crippen molar-refractivity contribution in [2.75, 3.05) is 0 Å². The summed E-state index contributed by atoms with van der Waals surface area (Å²) < 4.78 is 1.13. The van der Waals surface area contributed by atoms with Gasteiger partial charge in [-0.2, -0.15) is 0 Å². The normalized spacial score (nSPS) is 12.5. The molecule has 114 valence electrons. The Morgan fingerprint density at radius 3 is 2.09 bits per heavy atom. The average Bonchev–Trinajstić information content (AvgIpc) is 3.17. The van der Waals surface area contributed by atoms with E-state index in [1.165, 1.54) is 19.5 Å². The number of hydrogen-bond donors (Lipinski definition) is 2. The number of hydrogen-bond acceptors (Lipinski definition) is 5. The van der Waals surface area contributed by atoms with Crippen LogP contribution in [0.15, 0.2) is 40.2 Å². The highest BCUT2D eigenvalue weighted by molar-refractivity contribution is 9.11. The summed E-state index contributed by atoms with van der Waals surface area (Å²) in [4.78, 5) is 16.8. The zero-order valence-corrected chi connectivity index (χ0v) is 15.4. The van der Waals surface area contributed by atoms with Crippen molar-refractivity contribution >= 4 is 55.8 Å². The van der Waals surface area contributed by atoms with Crippen molar-refractivity contribution < 1.29 is 4.79 Å². The minimum absolute atomic E-state index is 0.179. The van der Waals surface area contributed by atoms with Gasteiger partial charge in [0.2, 0.25) is 5.91 Å². The van der Waals surface area contributed by atoms with Crippen LogP contribution in [0.3, 0.4) is 0 Å². The molecule has 3 heterocycles. The van der Waals surface area contributed by atoms with Gasteiger partial charge in [-0.15, -0.1) is 34.0 Å². The first-order valence-corrected chi connectivity index (χ1v) is 9.76. The van der Waals surface area contributed by atoms with E-state index in [-0.39, 0.29) is 18.4 Å². The maximum absolute atomic E-state index is 11.0. The third-order valence-corrected chi connectivity index (χ3v) is 7.40. The van der Waals surface area contributed by atoms with Crippen LogP contribution < -0.4 is 11.5 Å². The molecule has 0 fully saturated rings. The molecule has 0 aliphatic rings. The van der Waals surface area contributed by atoms with Gasteiger partial charge in [0, 0.05) is 36.8 Å². The van der Waals surface area contributed by atoms with Crippen LogP contribution in [-0.4, -0.2) is 5.91 Å². The Kier molecular flexibility index (Phi) is 4.79. The SMILES string of the molecule is NC(=O)CC(N)c1ccc(-c2ccc(-c3ccc(Br)s3)s2)s1. The van der Waals surface area contributed by atoms with Gasteiger partial charge in [0.15, 0.2) is 0 Å². The quantitative estimate of drug-likeness (QED) is 0.628. The number of nitrogens with two attached hydrogens (primary N) is 2. The van der Waals surface area contributed by atoms with Gasteiger partial charge < -0.3 is 11.5 Å². The summed E-state index contributed by atoms with van der Waals surface area (Å²) in [5, 5.41) is 0. The molecule has 3 aromatic heterocycles. The topological polar surface area (TPSA) is 69.1 Å². The van der Waals surface area contributed by atoms with Crippen molar-refractivity contribution in [2.45, 2.75) is 12.5 Å². The number of primary amides is 1. The van der Waals surface area contributed by atoms with E-state index in [9.17, 15) is 4.79 Å². The molecule has 1 amide bonds. The van der Waals surface area contributed by atoms with E-state index in [2.05, 4.69) is 46.3 Å². The smallest absolute Gasteiger partial charge is 0.219 e. The predicted octanol–water partition coefficient (Wildman–Crippen LogP) is 4.84. The van der Waals surface area contributed by atoms with E-state index in [0.29, 0.717) is 0 Å². The van der Waals surface area contributed by atoms with Gasteiger partial charge in [-0.3, -0.25) is 4.79 Å². The Morgan fingerprint density at radius 1 is 0.955 bits per heavy atom. The molecule has 1 atom stereocenters. The van der Waals surface area contributed by atoms with Crippen LogP contribution in [-0.2, 0) is 4.79 Å². The van der Waals surface area contributed by atoms with Crippen LogP contribution in [0.4, 0.5) is 0 Å². The Hall–Kier alpha value is -0.990. The summed E-state index contributed by atoms with van der Waals surface area (Å²) >= 11 is 8.60. The fourth-order valence-electron chi connectivity index (χ4n) is 2.05. The first-order chi connectivity index (χ1) is 10.5. The molecule has 3 rings (SSSR count). The lowest BCUT2D eigenvalue weighted by Crippen LogP contribution is -2.19. The zero-order chi connectivity index (χ0) is 15.7. The molecule has 0 aliphatic heterocycles. The van der Waals surface area contributed by atoms with Crippen LogP contribution in [0, 0.1) is 0 Å². The van der Waals surface area contributed by atoms with Crippen LogP contribution in [0.5, 0.6) is 0 Å². The van der Waals surface area contributed by atoms with Crippen molar-refractivity contribution in [2.24, 2.45) is 11.5 Å². The van der Waals surface area contributed by atoms with Gasteiger partial charge in [0.1, 0.15) is 0 Å². The van der Waals surface area contributed by atoms with Gasteiger partial charge in [-0.25, -0.2) is 0 Å². The summed E-state index contributed by atoms with van der Waals surface area (Å²) in [5.74, 6) is -0.371. The third-order valence-electron chi connectivity index (χ3n) is 3.08. The van der Waals surface area contributed by atoms with E-state index < -0.39 is 0 Å². The molecule has 0 bridgehead atoms. The maximum atomic E-state index is 11.0. The van der Waals surface area contributed by atoms with Crippen molar-refractivity contribution in [3.63, 3.8) is 0 Å². The summed E-state index contributed by atoms with van der Waals surface area (Å²) in [6, 6.07) is 12.2. The second-order valence-corrected chi connectivity index (χ2v) is 9.41. The van der Waals surface area contributed by atoms with Crippen molar-refractivity contribution in [3.05, 3.63) is 45.1 Å². The van der Waals surface area contributed by atoms with E-state index in [1.54, 1.807) is 34.0 Å². The lowest BCUT2D eigenvalue weighted by atomic mass is 10.2. The van der Waals surface area contributed by atoms with E-state index in [1.807, 2.05) is 6.07 Å². The number of carbonyl (C=O) groups excluding carboxylic acids is 1. The largest absolute Gasteiger partial charge is 0.370 e. The Balaban J connectivity index is 1.82. The second kappa shape index (κ2) is 6.64. The highest BCUT2D eigenvalue weighted by Gasteiger charge is 2.14. The van der Waals surface area contributed by atoms with Crippen LogP contribution in [0.25, 0.3) is 19.5 Å². The van der Waals surface area contributed by atoms with Crippen molar-refractivity contribution in [3.8, 4) is 19.5 Å². The molecule has 0 saturated carbocycles. The van der Waals surface area contributed by atoms with Gasteiger partial charge in [0.25, 0.3) is 0 Å². The van der Waals surface area contributed by atoms with Gasteiger partial charge in [0.05, 0.1) is 3.79 Å². The minimum Gasteiger partial charge on any atom is -0.370 e. The van der Waals surface area contributed by atoms with Crippen molar-refractivity contribution in [1.82, 2.24) is 0 Å². The van der Waals surface area contributed by atoms with E-state index in [0.717, 1.165) is 8.66 Å². The Morgan fingerprint density at radius 2 is 1.50 bits per heavy atom. The molecule has 0 aromatic carbocycles. The molecule has 4 N–H and O–H groups in total. The van der Waals surface area contributed by atoms with E-state index >= 15 is 0 Å². The molecule has 3 nitrogen and oxygen atoms in total. The lowest BCUT2D eigenvalue weighted by molar-refractivity contribution is -0.118. The molecular formula is C15H13BrN2OS3. The first kappa shape index (κ1) is 15.9. The predicted molar refractivity (Wildman–Crippen MR) is 99.4 cm³/mol. The van der Waals surface area contributed by atoms with Gasteiger partial charge >= 0.3 is 0 Å². The Bertz CT molecular complexity index is 805. The molecule has 0 aliphatic carbocycles. The molecule has 0 radical (unpaired) electrons. The van der Waals surface area contributed by atoms with Gasteiger partial charge in [-0.05, 0) is 52.3 Å². The molecule has 3 aromatic rings.